The second kappa shape index (κ2) is 10.8. The third-order valence-electron chi connectivity index (χ3n) is 4.86. The first-order chi connectivity index (χ1) is 16.3. The van der Waals surface area contributed by atoms with Gasteiger partial charge in [0.05, 0.1) is 27.0 Å². The van der Waals surface area contributed by atoms with Crippen LogP contribution in [0.2, 0.25) is 0 Å². The van der Waals surface area contributed by atoms with Crippen LogP contribution in [0.15, 0.2) is 54.6 Å². The fraction of sp³-hybridized carbons (Fsp3) is 0.115. The van der Waals surface area contributed by atoms with Crippen molar-refractivity contribution in [1.29, 1.82) is 0 Å². The molecule has 0 heterocycles. The highest BCUT2D eigenvalue weighted by Crippen LogP contribution is 2.38. The smallest absolute Gasteiger partial charge is 0.248 e. The standard InChI is InChI=1S/C26H25NO7/c1-32-23-14-18(15-24(33-2)26(23)34-3)5-4-16-6-9-19(21(29)12-16)27-25(31)11-8-17-7-10-20(28)22(30)13-17/h4-15,28-30H,1-3H3,(H,27,31)/b5-4+,11-8+. The lowest BCUT2D eigenvalue weighted by molar-refractivity contribution is -0.111. The lowest BCUT2D eigenvalue weighted by Gasteiger charge is -2.12. The molecule has 0 aliphatic heterocycles. The zero-order valence-corrected chi connectivity index (χ0v) is 18.9. The molecule has 0 aliphatic carbocycles. The number of phenolic OH excluding ortho intramolecular Hbond substituents is 3. The molecule has 0 radical (unpaired) electrons. The lowest BCUT2D eigenvalue weighted by Crippen LogP contribution is -2.07. The molecule has 8 nitrogen and oxygen atoms in total. The minimum atomic E-state index is -0.469. The van der Waals surface area contributed by atoms with E-state index in [1.807, 2.05) is 6.08 Å². The molecule has 1 amide bonds. The van der Waals surface area contributed by atoms with Gasteiger partial charge >= 0.3 is 0 Å². The third kappa shape index (κ3) is 5.80. The number of anilines is 1. The Balaban J connectivity index is 1.71. The van der Waals surface area contributed by atoms with Gasteiger partial charge in [-0.3, -0.25) is 4.79 Å². The fourth-order valence-electron chi connectivity index (χ4n) is 3.14. The number of hydrogen-bond donors (Lipinski definition) is 4. The molecule has 4 N–H and O–H groups in total. The monoisotopic (exact) mass is 463 g/mol. The number of carbonyl (C=O) groups is 1. The van der Waals surface area contributed by atoms with E-state index in [2.05, 4.69) is 5.32 Å². The van der Waals surface area contributed by atoms with Crippen molar-refractivity contribution in [2.24, 2.45) is 0 Å². The van der Waals surface area contributed by atoms with Crippen LogP contribution >= 0.6 is 0 Å². The van der Waals surface area contributed by atoms with Crippen molar-refractivity contribution in [1.82, 2.24) is 0 Å². The predicted molar refractivity (Wildman–Crippen MR) is 131 cm³/mol. The molecule has 34 heavy (non-hydrogen) atoms. The van der Waals surface area contributed by atoms with E-state index in [4.69, 9.17) is 14.2 Å². The summed E-state index contributed by atoms with van der Waals surface area (Å²) in [7, 11) is 4.62. The highest BCUT2D eigenvalue weighted by Gasteiger charge is 2.12. The number of methoxy groups -OCH3 is 3. The molecule has 176 valence electrons. The molecular formula is C26H25NO7. The highest BCUT2D eigenvalue weighted by molar-refractivity contribution is 6.02. The van der Waals surface area contributed by atoms with E-state index in [9.17, 15) is 20.1 Å². The maximum atomic E-state index is 12.2. The first-order valence-electron chi connectivity index (χ1n) is 10.2. The van der Waals surface area contributed by atoms with Crippen LogP contribution in [0.5, 0.6) is 34.5 Å². The lowest BCUT2D eigenvalue weighted by atomic mass is 10.1. The number of aromatic hydroxyl groups is 3. The molecule has 8 heteroatoms. The predicted octanol–water partition coefficient (Wildman–Crippen LogP) is 4.65. The Kier molecular flexibility index (Phi) is 7.66. The largest absolute Gasteiger partial charge is 0.506 e. The molecule has 0 saturated heterocycles. The Morgan fingerprint density at radius 1 is 0.706 bits per heavy atom. The average molecular weight is 463 g/mol. The molecule has 0 saturated carbocycles. The Hall–Kier alpha value is -4.59. The van der Waals surface area contributed by atoms with Gasteiger partial charge < -0.3 is 34.8 Å². The van der Waals surface area contributed by atoms with E-state index >= 15 is 0 Å². The van der Waals surface area contributed by atoms with Crippen LogP contribution in [-0.4, -0.2) is 42.6 Å². The Morgan fingerprint density at radius 2 is 1.29 bits per heavy atom. The zero-order valence-electron chi connectivity index (χ0n) is 18.9. The first kappa shape index (κ1) is 24.1. The number of nitrogens with one attached hydrogen (secondary N) is 1. The minimum Gasteiger partial charge on any atom is -0.506 e. The molecule has 3 aromatic rings. The maximum Gasteiger partial charge on any atom is 0.248 e. The normalized spacial score (nSPS) is 11.0. The number of phenols is 3. The molecule has 0 aromatic heterocycles. The third-order valence-corrected chi connectivity index (χ3v) is 4.86. The van der Waals surface area contributed by atoms with Crippen molar-refractivity contribution < 1.29 is 34.3 Å². The van der Waals surface area contributed by atoms with Gasteiger partial charge in [0.2, 0.25) is 11.7 Å². The Labute approximate surface area is 197 Å². The van der Waals surface area contributed by atoms with Crippen LogP contribution in [0.4, 0.5) is 5.69 Å². The van der Waals surface area contributed by atoms with E-state index in [0.29, 0.717) is 28.4 Å². The molecule has 0 bridgehead atoms. The number of carbonyl (C=O) groups excluding carboxylic acids is 1. The van der Waals surface area contributed by atoms with E-state index in [1.165, 1.54) is 37.5 Å². The number of rotatable bonds is 8. The molecule has 3 aromatic carbocycles. The Morgan fingerprint density at radius 3 is 1.88 bits per heavy atom. The van der Waals surface area contributed by atoms with Crippen molar-refractivity contribution in [2.75, 3.05) is 26.6 Å². The maximum absolute atomic E-state index is 12.2. The molecular weight excluding hydrogens is 438 g/mol. The fourth-order valence-corrected chi connectivity index (χ4v) is 3.14. The Bertz CT molecular complexity index is 1220. The van der Waals surface area contributed by atoms with Gasteiger partial charge in [-0.05, 0) is 59.2 Å². The molecule has 0 spiro atoms. The number of amides is 1. The van der Waals surface area contributed by atoms with Crippen LogP contribution in [0, 0.1) is 0 Å². The van der Waals surface area contributed by atoms with Crippen molar-refractivity contribution in [3.8, 4) is 34.5 Å². The summed E-state index contributed by atoms with van der Waals surface area (Å²) in [6.07, 6.45) is 6.35. The van der Waals surface area contributed by atoms with Crippen LogP contribution in [-0.2, 0) is 4.79 Å². The van der Waals surface area contributed by atoms with Gasteiger partial charge in [-0.25, -0.2) is 0 Å². The van der Waals surface area contributed by atoms with Crippen molar-refractivity contribution >= 4 is 29.8 Å². The van der Waals surface area contributed by atoms with E-state index < -0.39 is 5.91 Å². The number of hydrogen-bond acceptors (Lipinski definition) is 7. The van der Waals surface area contributed by atoms with E-state index in [0.717, 1.165) is 5.56 Å². The van der Waals surface area contributed by atoms with Gasteiger partial charge in [0, 0.05) is 6.08 Å². The summed E-state index contributed by atoms with van der Waals surface area (Å²) in [5.74, 6) is 0.452. The number of ether oxygens (including phenoxy) is 3. The van der Waals surface area contributed by atoms with Gasteiger partial charge in [-0.2, -0.15) is 0 Å². The molecule has 0 fully saturated rings. The minimum absolute atomic E-state index is 0.101. The van der Waals surface area contributed by atoms with Gasteiger partial charge in [0.15, 0.2) is 23.0 Å². The molecule has 0 aliphatic rings. The summed E-state index contributed by atoms with van der Waals surface area (Å²) in [6, 6.07) is 12.6. The quantitative estimate of drug-likeness (QED) is 0.218. The van der Waals surface area contributed by atoms with Crippen molar-refractivity contribution in [3.63, 3.8) is 0 Å². The van der Waals surface area contributed by atoms with Gasteiger partial charge in [0.1, 0.15) is 5.75 Å². The van der Waals surface area contributed by atoms with E-state index in [-0.39, 0.29) is 22.9 Å². The SMILES string of the molecule is COc1cc(/C=C/c2ccc(NC(=O)/C=C/c3ccc(O)c(O)c3)c(O)c2)cc(OC)c1OC. The molecule has 0 unspecified atom stereocenters. The van der Waals surface area contributed by atoms with Crippen molar-refractivity contribution in [3.05, 3.63) is 71.3 Å². The average Bonchev–Trinajstić information content (AvgIpc) is 2.84. The highest BCUT2D eigenvalue weighted by atomic mass is 16.5. The van der Waals surface area contributed by atoms with Crippen LogP contribution in [0.3, 0.4) is 0 Å². The van der Waals surface area contributed by atoms with Crippen LogP contribution in [0.25, 0.3) is 18.2 Å². The van der Waals surface area contributed by atoms with Gasteiger partial charge in [-0.15, -0.1) is 0 Å². The van der Waals surface area contributed by atoms with Crippen LogP contribution < -0.4 is 19.5 Å². The second-order valence-electron chi connectivity index (χ2n) is 7.14. The summed E-state index contributed by atoms with van der Waals surface area (Å²) in [6.45, 7) is 0. The summed E-state index contributed by atoms with van der Waals surface area (Å²) < 4.78 is 16.0. The summed E-state index contributed by atoms with van der Waals surface area (Å²) in [4.78, 5) is 12.2. The first-order valence-corrected chi connectivity index (χ1v) is 10.2. The summed E-state index contributed by atoms with van der Waals surface area (Å²) in [5.41, 5.74) is 2.28. The summed E-state index contributed by atoms with van der Waals surface area (Å²) >= 11 is 0. The van der Waals surface area contributed by atoms with Crippen LogP contribution in [0.1, 0.15) is 16.7 Å². The van der Waals surface area contributed by atoms with Crippen molar-refractivity contribution in [2.45, 2.75) is 0 Å². The second-order valence-corrected chi connectivity index (χ2v) is 7.14. The van der Waals surface area contributed by atoms with E-state index in [1.54, 1.807) is 50.6 Å². The zero-order chi connectivity index (χ0) is 24.7. The number of benzene rings is 3. The molecule has 0 atom stereocenters. The summed E-state index contributed by atoms with van der Waals surface area (Å²) in [5, 5.41) is 31.8. The topological polar surface area (TPSA) is 117 Å². The van der Waals surface area contributed by atoms with Gasteiger partial charge in [0.25, 0.3) is 0 Å². The molecule has 3 rings (SSSR count). The van der Waals surface area contributed by atoms with Gasteiger partial charge in [-0.1, -0.05) is 24.3 Å².